The molecule has 21 heavy (non-hydrogen) atoms. The summed E-state index contributed by atoms with van der Waals surface area (Å²) in [7, 11) is 1.66. The van der Waals surface area contributed by atoms with Crippen molar-refractivity contribution in [3.05, 3.63) is 28.5 Å². The summed E-state index contributed by atoms with van der Waals surface area (Å²) in [4.78, 5) is 4.80. The van der Waals surface area contributed by atoms with E-state index in [1.807, 2.05) is 18.2 Å². The smallest absolute Gasteiger partial charge is 0.133 e. The van der Waals surface area contributed by atoms with Crippen molar-refractivity contribution >= 4 is 21.7 Å². The molecule has 1 aromatic heterocycles. The summed E-state index contributed by atoms with van der Waals surface area (Å²) in [6.45, 7) is 2.17. The number of halogens is 1. The molecule has 0 atom stereocenters. The molecular formula is C16H20BrN3O. The standard InChI is InChI=1S/C16H20BrN3O/c1-3-4-14-19-15(16(18)20(14)11-6-7-11)10-5-8-13(21-2)12(17)9-10/h5,8-9,11H,3-4,6-7,18H2,1-2H3. The Morgan fingerprint density at radius 2 is 2.19 bits per heavy atom. The molecule has 0 amide bonds. The van der Waals surface area contributed by atoms with Crippen LogP contribution in [0.15, 0.2) is 22.7 Å². The lowest BCUT2D eigenvalue weighted by Gasteiger charge is -2.08. The Kier molecular flexibility index (Phi) is 3.93. The maximum Gasteiger partial charge on any atom is 0.133 e. The van der Waals surface area contributed by atoms with Crippen molar-refractivity contribution < 1.29 is 4.74 Å². The Labute approximate surface area is 133 Å². The minimum atomic E-state index is 0.550. The maximum atomic E-state index is 6.38. The summed E-state index contributed by atoms with van der Waals surface area (Å²) in [6, 6.07) is 6.52. The predicted molar refractivity (Wildman–Crippen MR) is 88.6 cm³/mol. The second-order valence-electron chi connectivity index (χ2n) is 5.46. The van der Waals surface area contributed by atoms with Gasteiger partial charge in [0.25, 0.3) is 0 Å². The van der Waals surface area contributed by atoms with Gasteiger partial charge in [-0.1, -0.05) is 6.92 Å². The van der Waals surface area contributed by atoms with E-state index in [4.69, 9.17) is 15.5 Å². The average molecular weight is 350 g/mol. The Bertz CT molecular complexity index is 662. The van der Waals surface area contributed by atoms with Gasteiger partial charge >= 0.3 is 0 Å². The van der Waals surface area contributed by atoms with Crippen LogP contribution in [0, 0.1) is 0 Å². The van der Waals surface area contributed by atoms with E-state index in [9.17, 15) is 0 Å². The molecule has 2 aromatic rings. The number of nitrogens with zero attached hydrogens (tertiary/aromatic N) is 2. The molecule has 0 spiro atoms. The molecule has 5 heteroatoms. The van der Waals surface area contributed by atoms with Crippen molar-refractivity contribution in [1.29, 1.82) is 0 Å². The highest BCUT2D eigenvalue weighted by Gasteiger charge is 2.29. The van der Waals surface area contributed by atoms with Gasteiger partial charge in [-0.3, -0.25) is 0 Å². The van der Waals surface area contributed by atoms with Crippen molar-refractivity contribution in [3.63, 3.8) is 0 Å². The van der Waals surface area contributed by atoms with E-state index in [-0.39, 0.29) is 0 Å². The lowest BCUT2D eigenvalue weighted by atomic mass is 10.1. The van der Waals surface area contributed by atoms with E-state index in [1.165, 1.54) is 12.8 Å². The number of rotatable bonds is 5. The zero-order chi connectivity index (χ0) is 15.0. The molecule has 0 saturated heterocycles. The molecule has 1 aliphatic rings. The van der Waals surface area contributed by atoms with Crippen molar-refractivity contribution in [1.82, 2.24) is 9.55 Å². The number of methoxy groups -OCH3 is 1. The van der Waals surface area contributed by atoms with Crippen LogP contribution >= 0.6 is 15.9 Å². The maximum absolute atomic E-state index is 6.38. The number of hydrogen-bond acceptors (Lipinski definition) is 3. The van der Waals surface area contributed by atoms with Crippen LogP contribution in [0.25, 0.3) is 11.3 Å². The highest BCUT2D eigenvalue weighted by atomic mass is 79.9. The highest BCUT2D eigenvalue weighted by molar-refractivity contribution is 9.10. The third-order valence-corrected chi connectivity index (χ3v) is 4.45. The third-order valence-electron chi connectivity index (χ3n) is 3.83. The molecule has 1 saturated carbocycles. The molecule has 1 fully saturated rings. The Morgan fingerprint density at radius 1 is 1.43 bits per heavy atom. The third kappa shape index (κ3) is 2.67. The van der Waals surface area contributed by atoms with Crippen LogP contribution in [0.1, 0.15) is 38.1 Å². The van der Waals surface area contributed by atoms with E-state index >= 15 is 0 Å². The van der Waals surface area contributed by atoms with E-state index in [0.29, 0.717) is 6.04 Å². The molecule has 4 nitrogen and oxygen atoms in total. The topological polar surface area (TPSA) is 53.1 Å². The fourth-order valence-electron chi connectivity index (χ4n) is 2.66. The van der Waals surface area contributed by atoms with Gasteiger partial charge in [-0.2, -0.15) is 0 Å². The zero-order valence-electron chi connectivity index (χ0n) is 12.4. The summed E-state index contributed by atoms with van der Waals surface area (Å²) in [5, 5.41) is 0. The second-order valence-corrected chi connectivity index (χ2v) is 6.32. The Morgan fingerprint density at radius 3 is 2.76 bits per heavy atom. The number of nitrogen functional groups attached to an aromatic ring is 1. The number of ether oxygens (including phenoxy) is 1. The number of imidazole rings is 1. The number of aryl methyl sites for hydroxylation is 1. The van der Waals surface area contributed by atoms with Crippen LogP contribution in [0.4, 0.5) is 5.82 Å². The molecule has 0 aliphatic heterocycles. The SMILES string of the molecule is CCCc1nc(-c2ccc(OC)c(Br)c2)c(N)n1C1CC1. The summed E-state index contributed by atoms with van der Waals surface area (Å²) in [5.41, 5.74) is 8.29. The lowest BCUT2D eigenvalue weighted by Crippen LogP contribution is -2.05. The van der Waals surface area contributed by atoms with E-state index in [2.05, 4.69) is 27.4 Å². The Hall–Kier alpha value is -1.49. The average Bonchev–Trinajstić information content (AvgIpc) is 3.24. The quantitative estimate of drug-likeness (QED) is 0.880. The van der Waals surface area contributed by atoms with Crippen LogP contribution in [0.5, 0.6) is 5.75 Å². The van der Waals surface area contributed by atoms with Gasteiger partial charge in [-0.25, -0.2) is 4.98 Å². The molecule has 2 N–H and O–H groups in total. The number of anilines is 1. The van der Waals surface area contributed by atoms with Gasteiger partial charge in [0.2, 0.25) is 0 Å². The molecule has 3 rings (SSSR count). The van der Waals surface area contributed by atoms with E-state index in [0.717, 1.165) is 46.0 Å². The first-order valence-electron chi connectivity index (χ1n) is 7.36. The summed E-state index contributed by atoms with van der Waals surface area (Å²) in [6.07, 6.45) is 4.47. The number of hydrogen-bond donors (Lipinski definition) is 1. The van der Waals surface area contributed by atoms with Crippen LogP contribution in [0.3, 0.4) is 0 Å². The van der Waals surface area contributed by atoms with Crippen LogP contribution in [-0.2, 0) is 6.42 Å². The molecule has 0 radical (unpaired) electrons. The van der Waals surface area contributed by atoms with Gasteiger partial charge < -0.3 is 15.0 Å². The largest absolute Gasteiger partial charge is 0.496 e. The minimum absolute atomic E-state index is 0.550. The van der Waals surface area contributed by atoms with Crippen LogP contribution in [-0.4, -0.2) is 16.7 Å². The zero-order valence-corrected chi connectivity index (χ0v) is 14.0. The molecule has 0 unspecified atom stereocenters. The van der Waals surface area contributed by atoms with Gasteiger partial charge in [0.05, 0.1) is 11.6 Å². The fraction of sp³-hybridized carbons (Fsp3) is 0.438. The first-order valence-corrected chi connectivity index (χ1v) is 8.15. The summed E-state index contributed by atoms with van der Waals surface area (Å²) >= 11 is 3.53. The van der Waals surface area contributed by atoms with E-state index in [1.54, 1.807) is 7.11 Å². The molecule has 1 aliphatic carbocycles. The van der Waals surface area contributed by atoms with Gasteiger partial charge in [0.1, 0.15) is 23.1 Å². The lowest BCUT2D eigenvalue weighted by molar-refractivity contribution is 0.412. The van der Waals surface area contributed by atoms with Crippen molar-refractivity contribution in [3.8, 4) is 17.0 Å². The van der Waals surface area contributed by atoms with Gasteiger partial charge in [-0.15, -0.1) is 0 Å². The van der Waals surface area contributed by atoms with E-state index < -0.39 is 0 Å². The summed E-state index contributed by atoms with van der Waals surface area (Å²) < 4.78 is 8.43. The summed E-state index contributed by atoms with van der Waals surface area (Å²) in [5.74, 6) is 2.71. The monoisotopic (exact) mass is 349 g/mol. The first-order chi connectivity index (χ1) is 10.2. The molecule has 1 aromatic carbocycles. The van der Waals surface area contributed by atoms with Crippen molar-refractivity contribution in [2.24, 2.45) is 0 Å². The van der Waals surface area contributed by atoms with Crippen LogP contribution in [0.2, 0.25) is 0 Å². The van der Waals surface area contributed by atoms with Gasteiger partial charge in [-0.05, 0) is 53.4 Å². The second kappa shape index (κ2) is 5.72. The minimum Gasteiger partial charge on any atom is -0.496 e. The fourth-order valence-corrected chi connectivity index (χ4v) is 3.20. The van der Waals surface area contributed by atoms with Gasteiger partial charge in [0.15, 0.2) is 0 Å². The molecular weight excluding hydrogens is 330 g/mol. The van der Waals surface area contributed by atoms with Gasteiger partial charge in [0, 0.05) is 18.0 Å². The molecule has 112 valence electrons. The molecule has 0 bridgehead atoms. The number of nitrogens with two attached hydrogens (primary N) is 1. The predicted octanol–water partition coefficient (Wildman–Crippen LogP) is 4.19. The number of aromatic nitrogens is 2. The first kappa shape index (κ1) is 14.4. The Balaban J connectivity index is 2.05. The number of benzene rings is 1. The normalized spacial score (nSPS) is 14.4. The molecule has 1 heterocycles. The van der Waals surface area contributed by atoms with Crippen molar-refractivity contribution in [2.45, 2.75) is 38.6 Å². The highest BCUT2D eigenvalue weighted by Crippen LogP contribution is 2.41. The van der Waals surface area contributed by atoms with Crippen molar-refractivity contribution in [2.75, 3.05) is 12.8 Å². The van der Waals surface area contributed by atoms with Crippen LogP contribution < -0.4 is 10.5 Å².